The topological polar surface area (TPSA) is 181 Å². The van der Waals surface area contributed by atoms with E-state index in [9.17, 15) is 0 Å². The van der Waals surface area contributed by atoms with Crippen LogP contribution in [-0.2, 0) is 4.79 Å². The molecule has 8 nitrogen and oxygen atoms in total. The second-order valence-electron chi connectivity index (χ2n) is 1.41. The van der Waals surface area contributed by atoms with Crippen LogP contribution in [0.15, 0.2) is 0 Å². The van der Waals surface area contributed by atoms with E-state index in [1.807, 2.05) is 0 Å². The average molecular weight is 220 g/mol. The Bertz CT molecular complexity index is 64.2. The van der Waals surface area contributed by atoms with Gasteiger partial charge in [0.05, 0.1) is 26.4 Å². The van der Waals surface area contributed by atoms with Crippen molar-refractivity contribution in [2.45, 2.75) is 6.92 Å². The molecule has 0 aromatic carbocycles. The Morgan fingerprint density at radius 1 is 0.857 bits per heavy atom. The first-order valence-corrected chi connectivity index (χ1v) is 3.19. The predicted octanol–water partition coefficient (Wildman–Crippen LogP) is -3.62. The molecule has 0 aliphatic heterocycles. The third-order valence-corrected chi connectivity index (χ3v) is 0.200. The first kappa shape index (κ1) is 29.2. The Labute approximate surface area is 81.7 Å². The minimum atomic E-state index is -0.833. The lowest BCUT2D eigenvalue weighted by atomic mass is 10.8. The number of carbonyl (C=O) groups is 1. The van der Waals surface area contributed by atoms with Crippen LogP contribution in [0, 0.1) is 0 Å². The Hall–Kier alpha value is -0.770. The van der Waals surface area contributed by atoms with Gasteiger partial charge in [-0.05, 0) is 0 Å². The standard InChI is InChI=1S/C2H4O2.2C2H6O2.2H2O/c1-2(3)4;2*3-1-2-4;;/h1H3,(H,3,4);2*3-4H,1-2H2;2*1H2. The van der Waals surface area contributed by atoms with Crippen molar-refractivity contribution < 1.29 is 41.3 Å². The molecule has 0 rings (SSSR count). The van der Waals surface area contributed by atoms with Crippen LogP contribution in [0.25, 0.3) is 0 Å². The van der Waals surface area contributed by atoms with Crippen molar-refractivity contribution in [1.29, 1.82) is 0 Å². The van der Waals surface area contributed by atoms with Gasteiger partial charge in [0.2, 0.25) is 0 Å². The van der Waals surface area contributed by atoms with Crippen molar-refractivity contribution in [3.63, 3.8) is 0 Å². The number of hydrogen-bond donors (Lipinski definition) is 5. The Kier molecular flexibility index (Phi) is 82.9. The van der Waals surface area contributed by atoms with E-state index in [1.54, 1.807) is 0 Å². The number of hydrogen-bond acceptors (Lipinski definition) is 5. The molecule has 0 bridgehead atoms. The molecule has 0 aliphatic carbocycles. The second-order valence-corrected chi connectivity index (χ2v) is 1.41. The molecule has 0 saturated carbocycles. The van der Waals surface area contributed by atoms with Crippen molar-refractivity contribution in [1.82, 2.24) is 0 Å². The van der Waals surface area contributed by atoms with Crippen LogP contribution >= 0.6 is 0 Å². The van der Waals surface area contributed by atoms with Gasteiger partial charge in [-0.25, -0.2) is 0 Å². The van der Waals surface area contributed by atoms with Crippen molar-refractivity contribution in [3.8, 4) is 0 Å². The highest BCUT2D eigenvalue weighted by molar-refractivity contribution is 5.62. The molecule has 0 amide bonds. The SMILES string of the molecule is CC(=O)O.O.O.OCCO.OCCO. The summed E-state index contributed by atoms with van der Waals surface area (Å²) in [6, 6.07) is 0. The monoisotopic (exact) mass is 220 g/mol. The lowest BCUT2D eigenvalue weighted by Crippen LogP contribution is -1.85. The van der Waals surface area contributed by atoms with Gasteiger partial charge in [0.25, 0.3) is 5.97 Å². The van der Waals surface area contributed by atoms with Crippen molar-refractivity contribution >= 4 is 5.97 Å². The first-order chi connectivity index (χ1) is 5.56. The number of carboxylic acids is 1. The van der Waals surface area contributed by atoms with Crippen LogP contribution in [-0.4, -0.2) is 68.9 Å². The molecule has 9 N–H and O–H groups in total. The molecule has 0 radical (unpaired) electrons. The van der Waals surface area contributed by atoms with Gasteiger partial charge in [-0.15, -0.1) is 0 Å². The van der Waals surface area contributed by atoms with E-state index >= 15 is 0 Å². The van der Waals surface area contributed by atoms with E-state index < -0.39 is 5.97 Å². The maximum absolute atomic E-state index is 9.00. The second kappa shape index (κ2) is 39.7. The van der Waals surface area contributed by atoms with Gasteiger partial charge in [-0.1, -0.05) is 0 Å². The number of aliphatic hydroxyl groups excluding tert-OH is 4. The van der Waals surface area contributed by atoms with Crippen LogP contribution in [0.1, 0.15) is 6.92 Å². The summed E-state index contributed by atoms with van der Waals surface area (Å²) >= 11 is 0. The summed E-state index contributed by atoms with van der Waals surface area (Å²) in [6.07, 6.45) is 0. The fourth-order valence-corrected chi connectivity index (χ4v) is 0. The molecule has 0 atom stereocenters. The molecule has 0 unspecified atom stereocenters. The summed E-state index contributed by atoms with van der Waals surface area (Å²) in [4.78, 5) is 9.00. The van der Waals surface area contributed by atoms with Gasteiger partial charge in [0.1, 0.15) is 0 Å². The van der Waals surface area contributed by atoms with Crippen LogP contribution < -0.4 is 0 Å². The van der Waals surface area contributed by atoms with E-state index in [4.69, 9.17) is 30.3 Å². The van der Waals surface area contributed by atoms with Gasteiger partial charge >= 0.3 is 0 Å². The maximum atomic E-state index is 9.00. The van der Waals surface area contributed by atoms with Gasteiger partial charge < -0.3 is 36.5 Å². The summed E-state index contributed by atoms with van der Waals surface area (Å²) in [5.74, 6) is -0.833. The highest BCUT2D eigenvalue weighted by atomic mass is 16.4. The molecular formula is C6H20O8. The number of carboxylic acid groups (broad SMARTS) is 1. The average Bonchev–Trinajstić information content (AvgIpc) is 2.03. The van der Waals surface area contributed by atoms with Crippen LogP contribution in [0.3, 0.4) is 0 Å². The lowest BCUT2D eigenvalue weighted by Gasteiger charge is -1.70. The third kappa shape index (κ3) is 777. The summed E-state index contributed by atoms with van der Waals surface area (Å²) < 4.78 is 0. The number of aliphatic hydroxyl groups is 4. The maximum Gasteiger partial charge on any atom is 0.300 e. The van der Waals surface area contributed by atoms with Crippen LogP contribution in [0.2, 0.25) is 0 Å². The Morgan fingerprint density at radius 2 is 0.929 bits per heavy atom. The number of rotatable bonds is 2. The zero-order valence-corrected chi connectivity index (χ0v) is 7.97. The highest BCUT2D eigenvalue weighted by Gasteiger charge is 1.65. The molecule has 0 heterocycles. The van der Waals surface area contributed by atoms with Crippen LogP contribution in [0.5, 0.6) is 0 Å². The molecule has 0 aromatic rings. The Balaban J connectivity index is -0.0000000270. The third-order valence-electron chi connectivity index (χ3n) is 0.200. The summed E-state index contributed by atoms with van der Waals surface area (Å²) in [7, 11) is 0. The lowest BCUT2D eigenvalue weighted by molar-refractivity contribution is -0.134. The highest BCUT2D eigenvalue weighted by Crippen LogP contribution is 1.42. The molecule has 8 heteroatoms. The van der Waals surface area contributed by atoms with Gasteiger partial charge in [0.15, 0.2) is 0 Å². The van der Waals surface area contributed by atoms with Crippen molar-refractivity contribution in [3.05, 3.63) is 0 Å². The van der Waals surface area contributed by atoms with Crippen molar-refractivity contribution in [2.75, 3.05) is 26.4 Å². The summed E-state index contributed by atoms with van der Waals surface area (Å²) in [5.41, 5.74) is 0. The molecule has 0 spiro atoms. The summed E-state index contributed by atoms with van der Waals surface area (Å²) in [6.45, 7) is 0.583. The molecule has 0 fully saturated rings. The predicted molar refractivity (Wildman–Crippen MR) is 48.9 cm³/mol. The largest absolute Gasteiger partial charge is 0.481 e. The van der Waals surface area contributed by atoms with Gasteiger partial charge in [-0.2, -0.15) is 0 Å². The normalized spacial score (nSPS) is 6.07. The molecular weight excluding hydrogens is 200 g/mol. The molecule has 0 aliphatic rings. The molecule has 92 valence electrons. The number of aliphatic carboxylic acids is 1. The molecule has 0 aromatic heterocycles. The minimum Gasteiger partial charge on any atom is -0.481 e. The van der Waals surface area contributed by atoms with Crippen molar-refractivity contribution in [2.24, 2.45) is 0 Å². The minimum absolute atomic E-state index is 0. The van der Waals surface area contributed by atoms with E-state index in [1.165, 1.54) is 0 Å². The zero-order chi connectivity index (χ0) is 10.4. The van der Waals surface area contributed by atoms with Gasteiger partial charge in [-0.3, -0.25) is 4.79 Å². The van der Waals surface area contributed by atoms with Crippen LogP contribution in [0.4, 0.5) is 0 Å². The first-order valence-electron chi connectivity index (χ1n) is 3.19. The van der Waals surface area contributed by atoms with Gasteiger partial charge in [0, 0.05) is 6.92 Å². The fourth-order valence-electron chi connectivity index (χ4n) is 0. The van der Waals surface area contributed by atoms with E-state index in [0.29, 0.717) is 0 Å². The van der Waals surface area contributed by atoms with E-state index in [2.05, 4.69) is 0 Å². The fraction of sp³-hybridized carbons (Fsp3) is 0.833. The quantitative estimate of drug-likeness (QED) is 0.320. The molecule has 0 saturated heterocycles. The molecule has 14 heavy (non-hydrogen) atoms. The zero-order valence-electron chi connectivity index (χ0n) is 7.97. The van der Waals surface area contributed by atoms with E-state index in [-0.39, 0.29) is 37.4 Å². The smallest absolute Gasteiger partial charge is 0.300 e. The van der Waals surface area contributed by atoms with E-state index in [0.717, 1.165) is 6.92 Å². The summed E-state index contributed by atoms with van der Waals surface area (Å²) in [5, 5.41) is 37.9. The Morgan fingerprint density at radius 3 is 0.929 bits per heavy atom.